The first kappa shape index (κ1) is 11.0. The number of carbonyl (C=O) groups is 1. The number of halogens is 1. The van der Waals surface area contributed by atoms with Gasteiger partial charge >= 0.3 is 0 Å². The second-order valence-electron chi connectivity index (χ2n) is 4.40. The van der Waals surface area contributed by atoms with Crippen molar-refractivity contribution >= 4 is 21.8 Å². The molecule has 0 radical (unpaired) electrons. The van der Waals surface area contributed by atoms with Crippen molar-refractivity contribution in [2.24, 2.45) is 5.41 Å². The van der Waals surface area contributed by atoms with Crippen molar-refractivity contribution in [2.45, 2.75) is 25.1 Å². The largest absolute Gasteiger partial charge is 0.396 e. The number of alkyl halides is 1. The smallest absolute Gasteiger partial charge is 0.223 e. The normalized spacial score (nSPS) is 24.2. The van der Waals surface area contributed by atoms with E-state index in [9.17, 15) is 4.79 Å². The summed E-state index contributed by atoms with van der Waals surface area (Å²) in [4.78, 5) is 13.5. The van der Waals surface area contributed by atoms with Crippen molar-refractivity contribution in [3.8, 4) is 0 Å². The van der Waals surface area contributed by atoms with E-state index in [0.29, 0.717) is 13.0 Å². The molecule has 1 atom stereocenters. The van der Waals surface area contributed by atoms with Crippen LogP contribution in [-0.2, 0) is 4.79 Å². The summed E-state index contributed by atoms with van der Waals surface area (Å²) >= 11 is 3.42. The first-order valence-electron chi connectivity index (χ1n) is 4.47. The molecule has 13 heavy (non-hydrogen) atoms. The first-order chi connectivity index (χ1) is 5.94. The van der Waals surface area contributed by atoms with Crippen LogP contribution in [0, 0.1) is 5.41 Å². The molecular formula is C9H16BrNO2. The third-order valence-electron chi connectivity index (χ3n) is 2.21. The summed E-state index contributed by atoms with van der Waals surface area (Å²) in [7, 11) is 0. The minimum Gasteiger partial charge on any atom is -0.396 e. The molecule has 0 bridgehead atoms. The van der Waals surface area contributed by atoms with Gasteiger partial charge in [-0.25, -0.2) is 0 Å². The second-order valence-corrected chi connectivity index (χ2v) is 5.69. The summed E-state index contributed by atoms with van der Waals surface area (Å²) in [6.45, 7) is 5.44. The number of aliphatic hydroxyl groups excluding tert-OH is 1. The summed E-state index contributed by atoms with van der Waals surface area (Å²) < 4.78 is 0. The van der Waals surface area contributed by atoms with Gasteiger partial charge in [0.05, 0.1) is 0 Å². The number of rotatable bonds is 3. The lowest BCUT2D eigenvalue weighted by atomic mass is 9.94. The number of aliphatic hydroxyl groups is 1. The Morgan fingerprint density at radius 3 is 2.69 bits per heavy atom. The highest BCUT2D eigenvalue weighted by molar-refractivity contribution is 9.09. The van der Waals surface area contributed by atoms with Gasteiger partial charge in [-0.1, -0.05) is 29.8 Å². The molecule has 1 rings (SSSR count). The Kier molecular flexibility index (Phi) is 3.35. The van der Waals surface area contributed by atoms with Crippen LogP contribution < -0.4 is 0 Å². The molecule has 0 aromatic rings. The van der Waals surface area contributed by atoms with Crippen molar-refractivity contribution in [1.29, 1.82) is 0 Å². The number of hydrogen-bond donors (Lipinski definition) is 1. The van der Waals surface area contributed by atoms with Crippen LogP contribution >= 0.6 is 15.9 Å². The highest BCUT2D eigenvalue weighted by Gasteiger charge is 2.31. The number of likely N-dealkylation sites (tertiary alicyclic amines) is 1. The number of hydrogen-bond acceptors (Lipinski definition) is 2. The van der Waals surface area contributed by atoms with E-state index in [1.807, 2.05) is 18.7 Å². The monoisotopic (exact) mass is 249 g/mol. The van der Waals surface area contributed by atoms with Crippen LogP contribution in [0.4, 0.5) is 0 Å². The maximum atomic E-state index is 11.4. The predicted octanol–water partition coefficient (Wildman–Crippen LogP) is 1.00. The number of nitrogens with zero attached hydrogens (tertiary/aromatic N) is 1. The van der Waals surface area contributed by atoms with E-state index in [1.54, 1.807) is 0 Å². The van der Waals surface area contributed by atoms with Crippen LogP contribution in [0.3, 0.4) is 0 Å². The Morgan fingerprint density at radius 2 is 2.31 bits per heavy atom. The van der Waals surface area contributed by atoms with E-state index >= 15 is 0 Å². The Hall–Kier alpha value is -0.0900. The maximum Gasteiger partial charge on any atom is 0.223 e. The van der Waals surface area contributed by atoms with E-state index in [0.717, 1.165) is 6.54 Å². The molecular weight excluding hydrogens is 234 g/mol. The first-order valence-corrected chi connectivity index (χ1v) is 5.39. The Morgan fingerprint density at radius 1 is 1.69 bits per heavy atom. The predicted molar refractivity (Wildman–Crippen MR) is 54.8 cm³/mol. The second kappa shape index (κ2) is 3.96. The molecule has 1 unspecified atom stereocenters. The summed E-state index contributed by atoms with van der Waals surface area (Å²) in [6, 6.07) is 0. The standard InChI is InChI=1S/C9H16BrNO2/c1-9(2,6-12)5-11-4-7(10)3-8(11)13/h7,12H,3-6H2,1-2H3. The molecule has 1 amide bonds. The Bertz CT molecular complexity index is 206. The third-order valence-corrected chi connectivity index (χ3v) is 2.83. The van der Waals surface area contributed by atoms with Crippen LogP contribution in [0.15, 0.2) is 0 Å². The fourth-order valence-corrected chi connectivity index (χ4v) is 2.07. The SMILES string of the molecule is CC(C)(CO)CN1CC(Br)CC1=O. The summed E-state index contributed by atoms with van der Waals surface area (Å²) in [5.41, 5.74) is -0.188. The lowest BCUT2D eigenvalue weighted by Gasteiger charge is -2.28. The van der Waals surface area contributed by atoms with Gasteiger partial charge in [-0.3, -0.25) is 4.79 Å². The van der Waals surface area contributed by atoms with E-state index < -0.39 is 0 Å². The molecule has 76 valence electrons. The van der Waals surface area contributed by atoms with Gasteiger partial charge in [0.1, 0.15) is 0 Å². The molecule has 4 heteroatoms. The van der Waals surface area contributed by atoms with Gasteiger partial charge in [0.2, 0.25) is 5.91 Å². The summed E-state index contributed by atoms with van der Waals surface area (Å²) in [5.74, 6) is 0.184. The molecule has 1 aliphatic heterocycles. The molecule has 1 heterocycles. The molecule has 3 nitrogen and oxygen atoms in total. The lowest BCUT2D eigenvalue weighted by molar-refractivity contribution is -0.129. The third kappa shape index (κ3) is 2.95. The topological polar surface area (TPSA) is 40.5 Å². The fourth-order valence-electron chi connectivity index (χ4n) is 1.44. The van der Waals surface area contributed by atoms with Gasteiger partial charge in [0.25, 0.3) is 0 Å². The van der Waals surface area contributed by atoms with Crippen LogP contribution in [0.2, 0.25) is 0 Å². The van der Waals surface area contributed by atoms with Gasteiger partial charge in [-0.2, -0.15) is 0 Å². The van der Waals surface area contributed by atoms with Crippen molar-refractivity contribution in [3.63, 3.8) is 0 Å². The molecule has 1 fully saturated rings. The van der Waals surface area contributed by atoms with Crippen molar-refractivity contribution in [2.75, 3.05) is 19.7 Å². The zero-order valence-corrected chi connectivity index (χ0v) is 9.67. The summed E-state index contributed by atoms with van der Waals surface area (Å²) in [6.07, 6.45) is 0.585. The molecule has 0 aromatic carbocycles. The molecule has 0 aromatic heterocycles. The average Bonchev–Trinajstić information content (AvgIpc) is 2.30. The molecule has 0 saturated carbocycles. The number of carbonyl (C=O) groups excluding carboxylic acids is 1. The quantitative estimate of drug-likeness (QED) is 0.759. The van der Waals surface area contributed by atoms with Gasteiger partial charge in [-0.05, 0) is 0 Å². The van der Waals surface area contributed by atoms with Crippen molar-refractivity contribution in [3.05, 3.63) is 0 Å². The zero-order chi connectivity index (χ0) is 10.1. The van der Waals surface area contributed by atoms with Crippen LogP contribution in [-0.4, -0.2) is 40.4 Å². The molecule has 0 aliphatic carbocycles. The van der Waals surface area contributed by atoms with Crippen molar-refractivity contribution < 1.29 is 9.90 Å². The van der Waals surface area contributed by atoms with E-state index in [-0.39, 0.29) is 22.8 Å². The average molecular weight is 250 g/mol. The molecule has 0 spiro atoms. The molecule has 1 N–H and O–H groups in total. The number of amides is 1. The van der Waals surface area contributed by atoms with Gasteiger partial charge < -0.3 is 10.0 Å². The minimum absolute atomic E-state index is 0.115. The zero-order valence-electron chi connectivity index (χ0n) is 8.09. The summed E-state index contributed by atoms with van der Waals surface area (Å²) in [5, 5.41) is 9.06. The maximum absolute atomic E-state index is 11.4. The molecule has 1 saturated heterocycles. The van der Waals surface area contributed by atoms with Crippen LogP contribution in [0.5, 0.6) is 0 Å². The van der Waals surface area contributed by atoms with Gasteiger partial charge in [-0.15, -0.1) is 0 Å². The highest BCUT2D eigenvalue weighted by atomic mass is 79.9. The van der Waals surface area contributed by atoms with Crippen LogP contribution in [0.25, 0.3) is 0 Å². The Balaban J connectivity index is 2.50. The van der Waals surface area contributed by atoms with E-state index in [1.165, 1.54) is 0 Å². The lowest BCUT2D eigenvalue weighted by Crippen LogP contribution is -2.37. The fraction of sp³-hybridized carbons (Fsp3) is 0.889. The van der Waals surface area contributed by atoms with Gasteiger partial charge in [0, 0.05) is 36.4 Å². The molecule has 1 aliphatic rings. The Labute approximate surface area is 87.2 Å². The van der Waals surface area contributed by atoms with Crippen molar-refractivity contribution in [1.82, 2.24) is 4.90 Å². The van der Waals surface area contributed by atoms with E-state index in [4.69, 9.17) is 5.11 Å². The van der Waals surface area contributed by atoms with E-state index in [2.05, 4.69) is 15.9 Å². The van der Waals surface area contributed by atoms with Crippen LogP contribution in [0.1, 0.15) is 20.3 Å². The van der Waals surface area contributed by atoms with Gasteiger partial charge in [0.15, 0.2) is 0 Å². The minimum atomic E-state index is -0.188. The highest BCUT2D eigenvalue weighted by Crippen LogP contribution is 2.23.